The minimum Gasteiger partial charge on any atom is -0.508 e. The van der Waals surface area contributed by atoms with Gasteiger partial charge in [0.15, 0.2) is 0 Å². The lowest BCUT2D eigenvalue weighted by Gasteiger charge is -2.35. The van der Waals surface area contributed by atoms with Crippen LogP contribution in [0.4, 0.5) is 0 Å². The first-order valence-electron chi connectivity index (χ1n) is 9.75. The first kappa shape index (κ1) is 18.3. The minimum absolute atomic E-state index is 0.0453. The highest BCUT2D eigenvalue weighted by atomic mass is 16.3. The molecule has 6 nitrogen and oxygen atoms in total. The van der Waals surface area contributed by atoms with Crippen LogP contribution in [-0.4, -0.2) is 58.0 Å². The van der Waals surface area contributed by atoms with E-state index in [1.54, 1.807) is 28.0 Å². The van der Waals surface area contributed by atoms with Gasteiger partial charge in [-0.15, -0.1) is 0 Å². The molecule has 1 fully saturated rings. The summed E-state index contributed by atoms with van der Waals surface area (Å²) < 4.78 is 0. The summed E-state index contributed by atoms with van der Waals surface area (Å²) in [6, 6.07) is 9.87. The van der Waals surface area contributed by atoms with Crippen LogP contribution >= 0.6 is 0 Å². The second-order valence-electron chi connectivity index (χ2n) is 7.48. The van der Waals surface area contributed by atoms with Crippen LogP contribution < -0.4 is 0 Å². The van der Waals surface area contributed by atoms with Gasteiger partial charge in [0.1, 0.15) is 11.5 Å². The Bertz CT molecular complexity index is 917. The average molecular weight is 380 g/mol. The molecular formula is C22H24N2O4. The Hall–Kier alpha value is -3.02. The SMILES string of the molecule is O=C(c1cccc(O)c1)N1CCN(C(=O)c2cc3c(cc2O)CCCC3)CC1. The molecule has 6 heteroatoms. The summed E-state index contributed by atoms with van der Waals surface area (Å²) in [6.07, 6.45) is 4.13. The van der Waals surface area contributed by atoms with Gasteiger partial charge in [0.2, 0.25) is 0 Å². The van der Waals surface area contributed by atoms with Gasteiger partial charge >= 0.3 is 0 Å². The fourth-order valence-corrected chi connectivity index (χ4v) is 4.05. The van der Waals surface area contributed by atoms with Gasteiger partial charge in [0.05, 0.1) is 5.56 Å². The molecule has 0 saturated carbocycles. The van der Waals surface area contributed by atoms with E-state index in [-0.39, 0.29) is 23.3 Å². The van der Waals surface area contributed by atoms with Crippen LogP contribution in [0.3, 0.4) is 0 Å². The number of benzene rings is 2. The maximum Gasteiger partial charge on any atom is 0.257 e. The van der Waals surface area contributed by atoms with Crippen molar-refractivity contribution in [2.75, 3.05) is 26.2 Å². The summed E-state index contributed by atoms with van der Waals surface area (Å²) in [4.78, 5) is 28.9. The number of fused-ring (bicyclic) bond motifs is 1. The average Bonchev–Trinajstić information content (AvgIpc) is 2.72. The normalized spacial score (nSPS) is 16.6. The highest BCUT2D eigenvalue weighted by Crippen LogP contribution is 2.29. The Morgan fingerprint density at radius 3 is 2.04 bits per heavy atom. The van der Waals surface area contributed by atoms with Crippen molar-refractivity contribution in [2.24, 2.45) is 0 Å². The van der Waals surface area contributed by atoms with Gasteiger partial charge in [-0.3, -0.25) is 9.59 Å². The lowest BCUT2D eigenvalue weighted by atomic mass is 9.89. The molecule has 1 aliphatic carbocycles. The molecule has 0 bridgehead atoms. The van der Waals surface area contributed by atoms with Crippen molar-refractivity contribution in [1.29, 1.82) is 0 Å². The Kier molecular flexibility index (Phi) is 4.94. The van der Waals surface area contributed by atoms with E-state index in [0.717, 1.165) is 36.8 Å². The molecular weight excluding hydrogens is 356 g/mol. The summed E-state index contributed by atoms with van der Waals surface area (Å²) in [6.45, 7) is 1.68. The number of phenols is 2. The Morgan fingerprint density at radius 1 is 0.786 bits per heavy atom. The van der Waals surface area contributed by atoms with Crippen LogP contribution in [0.25, 0.3) is 0 Å². The third-order valence-electron chi connectivity index (χ3n) is 5.64. The van der Waals surface area contributed by atoms with Gasteiger partial charge in [-0.05, 0) is 67.1 Å². The molecule has 2 N–H and O–H groups in total. The van der Waals surface area contributed by atoms with Crippen LogP contribution in [-0.2, 0) is 12.8 Å². The Balaban J connectivity index is 1.44. The second-order valence-corrected chi connectivity index (χ2v) is 7.48. The second kappa shape index (κ2) is 7.54. The van der Waals surface area contributed by atoms with Crippen molar-refractivity contribution in [2.45, 2.75) is 25.7 Å². The molecule has 4 rings (SSSR count). The van der Waals surface area contributed by atoms with Crippen molar-refractivity contribution in [3.05, 3.63) is 58.7 Å². The topological polar surface area (TPSA) is 81.1 Å². The number of carbonyl (C=O) groups is 2. The molecule has 0 radical (unpaired) electrons. The van der Waals surface area contributed by atoms with E-state index >= 15 is 0 Å². The van der Waals surface area contributed by atoms with E-state index < -0.39 is 0 Å². The number of phenolic OH excluding ortho intramolecular Hbond substituents is 2. The van der Waals surface area contributed by atoms with Gasteiger partial charge in [-0.2, -0.15) is 0 Å². The predicted octanol–water partition coefficient (Wildman–Crippen LogP) is 2.57. The maximum absolute atomic E-state index is 12.9. The summed E-state index contributed by atoms with van der Waals surface area (Å²) >= 11 is 0. The van der Waals surface area contributed by atoms with E-state index in [0.29, 0.717) is 37.3 Å². The number of hydrogen-bond acceptors (Lipinski definition) is 4. The first-order valence-corrected chi connectivity index (χ1v) is 9.75. The summed E-state index contributed by atoms with van der Waals surface area (Å²) in [5.41, 5.74) is 3.09. The molecule has 2 aromatic carbocycles. The molecule has 146 valence electrons. The van der Waals surface area contributed by atoms with Crippen LogP contribution in [0.5, 0.6) is 11.5 Å². The van der Waals surface area contributed by atoms with Crippen LogP contribution in [0.2, 0.25) is 0 Å². The Morgan fingerprint density at radius 2 is 1.39 bits per heavy atom. The smallest absolute Gasteiger partial charge is 0.257 e. The summed E-state index contributed by atoms with van der Waals surface area (Å²) in [7, 11) is 0. The zero-order valence-electron chi connectivity index (χ0n) is 15.7. The number of piperazine rings is 1. The molecule has 0 aromatic heterocycles. The fourth-order valence-electron chi connectivity index (χ4n) is 4.05. The fraction of sp³-hybridized carbons (Fsp3) is 0.364. The van der Waals surface area contributed by atoms with Crippen molar-refractivity contribution in [3.8, 4) is 11.5 Å². The predicted molar refractivity (Wildman–Crippen MR) is 105 cm³/mol. The van der Waals surface area contributed by atoms with Crippen molar-refractivity contribution in [3.63, 3.8) is 0 Å². The third-order valence-corrected chi connectivity index (χ3v) is 5.64. The van der Waals surface area contributed by atoms with E-state index in [2.05, 4.69) is 0 Å². The van der Waals surface area contributed by atoms with E-state index in [1.165, 1.54) is 12.1 Å². The molecule has 1 heterocycles. The summed E-state index contributed by atoms with van der Waals surface area (Å²) in [5, 5.41) is 19.9. The Labute approximate surface area is 164 Å². The molecule has 28 heavy (non-hydrogen) atoms. The van der Waals surface area contributed by atoms with E-state index in [1.807, 2.05) is 6.07 Å². The number of aromatic hydroxyl groups is 2. The number of amides is 2. The molecule has 0 spiro atoms. The number of rotatable bonds is 2. The van der Waals surface area contributed by atoms with E-state index in [4.69, 9.17) is 0 Å². The van der Waals surface area contributed by atoms with E-state index in [9.17, 15) is 19.8 Å². The minimum atomic E-state index is -0.185. The molecule has 2 aromatic rings. The molecule has 2 aliphatic rings. The van der Waals surface area contributed by atoms with Crippen molar-refractivity contribution in [1.82, 2.24) is 9.80 Å². The van der Waals surface area contributed by atoms with Crippen molar-refractivity contribution >= 4 is 11.8 Å². The third kappa shape index (κ3) is 3.54. The van der Waals surface area contributed by atoms with Crippen LogP contribution in [0.15, 0.2) is 36.4 Å². The van der Waals surface area contributed by atoms with Gasteiger partial charge in [0.25, 0.3) is 11.8 Å². The number of nitrogens with zero attached hydrogens (tertiary/aromatic N) is 2. The summed E-state index contributed by atoms with van der Waals surface area (Å²) in [5.74, 6) is -0.235. The van der Waals surface area contributed by atoms with Gasteiger partial charge in [-0.25, -0.2) is 0 Å². The highest BCUT2D eigenvalue weighted by molar-refractivity contribution is 5.98. The molecule has 0 atom stereocenters. The van der Waals surface area contributed by atoms with Crippen LogP contribution in [0.1, 0.15) is 44.7 Å². The highest BCUT2D eigenvalue weighted by Gasteiger charge is 2.27. The van der Waals surface area contributed by atoms with Gasteiger partial charge in [-0.1, -0.05) is 6.07 Å². The van der Waals surface area contributed by atoms with Crippen LogP contribution in [0, 0.1) is 0 Å². The monoisotopic (exact) mass is 380 g/mol. The molecule has 1 saturated heterocycles. The lowest BCUT2D eigenvalue weighted by Crippen LogP contribution is -2.50. The quantitative estimate of drug-likeness (QED) is 0.839. The maximum atomic E-state index is 12.9. The largest absolute Gasteiger partial charge is 0.508 e. The zero-order valence-corrected chi connectivity index (χ0v) is 15.7. The molecule has 2 amide bonds. The lowest BCUT2D eigenvalue weighted by molar-refractivity contribution is 0.0533. The first-order chi connectivity index (χ1) is 13.5. The van der Waals surface area contributed by atoms with Gasteiger partial charge in [0, 0.05) is 31.7 Å². The van der Waals surface area contributed by atoms with Gasteiger partial charge < -0.3 is 20.0 Å². The molecule has 1 aliphatic heterocycles. The standard InChI is InChI=1S/C22H24N2O4/c25-18-7-3-6-17(12-18)21(27)23-8-10-24(11-9-23)22(28)19-13-15-4-1-2-5-16(15)14-20(19)26/h3,6-7,12-14,25-26H,1-2,4-5,8-11H2. The number of aryl methyl sites for hydroxylation is 2. The van der Waals surface area contributed by atoms with Crippen molar-refractivity contribution < 1.29 is 19.8 Å². The number of hydrogen-bond donors (Lipinski definition) is 2. The molecule has 0 unspecified atom stereocenters. The number of carbonyl (C=O) groups excluding carboxylic acids is 2. The zero-order chi connectivity index (χ0) is 19.7.